The van der Waals surface area contributed by atoms with E-state index in [4.69, 9.17) is 4.74 Å². The zero-order chi connectivity index (χ0) is 19.3. The Morgan fingerprint density at radius 2 is 1.77 bits per heavy atom. The molecule has 0 aliphatic carbocycles. The highest BCUT2D eigenvalue weighted by atomic mass is 16.6. The fourth-order valence-electron chi connectivity index (χ4n) is 2.03. The number of carboxylic acid groups (broad SMARTS) is 1. The van der Waals surface area contributed by atoms with E-state index in [0.717, 1.165) is 12.1 Å². The fourth-order valence-corrected chi connectivity index (χ4v) is 2.03. The van der Waals surface area contributed by atoms with Gasteiger partial charge in [0.1, 0.15) is 6.61 Å². The molecule has 0 saturated carbocycles. The number of benzene rings is 2. The molecular weight excluding hydrogens is 348 g/mol. The quantitative estimate of drug-likeness (QED) is 0.345. The molecule has 2 rings (SSSR count). The average molecular weight is 362 g/mol. The van der Waals surface area contributed by atoms with Crippen LogP contribution in [0.15, 0.2) is 42.5 Å². The van der Waals surface area contributed by atoms with Gasteiger partial charge in [-0.3, -0.25) is 10.1 Å². The van der Waals surface area contributed by atoms with Crippen molar-refractivity contribution < 1.29 is 34.6 Å². The first-order chi connectivity index (χ1) is 12.3. The van der Waals surface area contributed by atoms with Crippen LogP contribution in [0.4, 0.5) is 10.5 Å². The number of carbonyl (C=O) groups excluding carboxylic acids is 1. The molecule has 0 aliphatic heterocycles. The van der Waals surface area contributed by atoms with Gasteiger partial charge in [0.15, 0.2) is 17.5 Å². The Morgan fingerprint density at radius 3 is 2.31 bits per heavy atom. The number of rotatable bonds is 6. The molecule has 2 aromatic carbocycles. The Kier molecular flexibility index (Phi) is 5.58. The van der Waals surface area contributed by atoms with Crippen molar-refractivity contribution in [2.45, 2.75) is 12.6 Å². The highest BCUT2D eigenvalue weighted by Crippen LogP contribution is 2.28. The first kappa shape index (κ1) is 18.5. The lowest BCUT2D eigenvalue weighted by Crippen LogP contribution is -2.34. The van der Waals surface area contributed by atoms with Crippen LogP contribution in [0.2, 0.25) is 0 Å². The predicted molar refractivity (Wildman–Crippen MR) is 86.6 cm³/mol. The number of nitrogens with one attached hydrogen (secondary N) is 1. The predicted octanol–water partition coefficient (Wildman–Crippen LogP) is 2.06. The Balaban J connectivity index is 2.00. The SMILES string of the molecule is O=C(NC(C(=O)O)c1ccc(O)c(O)c1)OCc1ccc([N+](=O)[O-])cc1. The average Bonchev–Trinajstić information content (AvgIpc) is 2.60. The topological polar surface area (TPSA) is 159 Å². The third-order valence-corrected chi connectivity index (χ3v) is 3.36. The molecule has 0 bridgehead atoms. The number of nitro benzene ring substituents is 1. The van der Waals surface area contributed by atoms with Crippen molar-refractivity contribution in [2.24, 2.45) is 0 Å². The molecule has 0 saturated heterocycles. The molecule has 1 unspecified atom stereocenters. The largest absolute Gasteiger partial charge is 0.504 e. The summed E-state index contributed by atoms with van der Waals surface area (Å²) >= 11 is 0. The molecule has 0 radical (unpaired) electrons. The number of phenolic OH excluding ortho intramolecular Hbond substituents is 2. The zero-order valence-corrected chi connectivity index (χ0v) is 13.2. The van der Waals surface area contributed by atoms with E-state index < -0.39 is 34.5 Å². The summed E-state index contributed by atoms with van der Waals surface area (Å²) in [6.07, 6.45) is -1.04. The number of phenols is 2. The van der Waals surface area contributed by atoms with E-state index in [1.807, 2.05) is 0 Å². The summed E-state index contributed by atoms with van der Waals surface area (Å²) in [5.74, 6) is -2.36. The molecule has 0 heterocycles. The normalized spacial score (nSPS) is 11.4. The number of nitro groups is 1. The summed E-state index contributed by atoms with van der Waals surface area (Å²) in [4.78, 5) is 33.1. The van der Waals surface area contributed by atoms with Crippen LogP contribution in [-0.2, 0) is 16.1 Å². The number of aliphatic carboxylic acids is 1. The minimum atomic E-state index is -1.51. The van der Waals surface area contributed by atoms with Crippen LogP contribution in [-0.4, -0.2) is 32.3 Å². The van der Waals surface area contributed by atoms with Crippen LogP contribution >= 0.6 is 0 Å². The van der Waals surface area contributed by atoms with Crippen molar-refractivity contribution in [3.8, 4) is 11.5 Å². The number of alkyl carbamates (subject to hydrolysis) is 1. The maximum Gasteiger partial charge on any atom is 0.408 e. The van der Waals surface area contributed by atoms with Crippen LogP contribution in [0.5, 0.6) is 11.5 Å². The van der Waals surface area contributed by atoms with Gasteiger partial charge < -0.3 is 25.4 Å². The number of nitrogens with zero attached hydrogens (tertiary/aromatic N) is 1. The number of amides is 1. The summed E-state index contributed by atoms with van der Waals surface area (Å²) < 4.78 is 4.89. The van der Waals surface area contributed by atoms with Gasteiger partial charge >= 0.3 is 12.1 Å². The van der Waals surface area contributed by atoms with E-state index in [1.165, 1.54) is 30.3 Å². The maximum atomic E-state index is 11.8. The molecule has 10 nitrogen and oxygen atoms in total. The second-order valence-corrected chi connectivity index (χ2v) is 5.16. The third-order valence-electron chi connectivity index (χ3n) is 3.36. The van der Waals surface area contributed by atoms with Gasteiger partial charge in [-0.1, -0.05) is 6.07 Å². The van der Waals surface area contributed by atoms with E-state index in [9.17, 15) is 35.0 Å². The summed E-state index contributed by atoms with van der Waals surface area (Å²) in [7, 11) is 0. The number of ether oxygens (including phenoxy) is 1. The zero-order valence-electron chi connectivity index (χ0n) is 13.2. The number of carbonyl (C=O) groups is 2. The first-order valence-corrected chi connectivity index (χ1v) is 7.19. The monoisotopic (exact) mass is 362 g/mol. The van der Waals surface area contributed by atoms with Gasteiger partial charge in [0.2, 0.25) is 0 Å². The van der Waals surface area contributed by atoms with Gasteiger partial charge in [-0.25, -0.2) is 9.59 Å². The van der Waals surface area contributed by atoms with Crippen molar-refractivity contribution >= 4 is 17.7 Å². The molecule has 2 aromatic rings. The van der Waals surface area contributed by atoms with Gasteiger partial charge in [0, 0.05) is 12.1 Å². The Bertz CT molecular complexity index is 835. The standard InChI is InChI=1S/C16H14N2O8/c19-12-6-3-10(7-13(12)20)14(15(21)22)17-16(23)26-8-9-1-4-11(5-2-9)18(24)25/h1-7,14,19-20H,8H2,(H,17,23)(H,21,22). The Hall–Kier alpha value is -3.82. The van der Waals surface area contributed by atoms with Crippen LogP contribution in [0.25, 0.3) is 0 Å². The summed E-state index contributed by atoms with van der Waals surface area (Å²) in [5, 5.41) is 40.6. The van der Waals surface area contributed by atoms with Crippen molar-refractivity contribution in [1.82, 2.24) is 5.32 Å². The smallest absolute Gasteiger partial charge is 0.408 e. The molecule has 0 fully saturated rings. The minimum absolute atomic E-state index is 0.0279. The number of hydrogen-bond acceptors (Lipinski definition) is 7. The van der Waals surface area contributed by atoms with Gasteiger partial charge in [-0.05, 0) is 35.4 Å². The summed E-state index contributed by atoms with van der Waals surface area (Å²) in [5.41, 5.74) is 0.385. The maximum absolute atomic E-state index is 11.8. The lowest BCUT2D eigenvalue weighted by Gasteiger charge is -2.15. The van der Waals surface area contributed by atoms with Gasteiger partial charge in [0.05, 0.1) is 4.92 Å². The molecule has 4 N–H and O–H groups in total. The fraction of sp³-hybridized carbons (Fsp3) is 0.125. The molecule has 10 heteroatoms. The van der Waals surface area contributed by atoms with Gasteiger partial charge in [-0.15, -0.1) is 0 Å². The van der Waals surface area contributed by atoms with Crippen LogP contribution in [0.3, 0.4) is 0 Å². The molecular formula is C16H14N2O8. The van der Waals surface area contributed by atoms with Crippen molar-refractivity contribution in [3.05, 3.63) is 63.7 Å². The minimum Gasteiger partial charge on any atom is -0.504 e. The number of carboxylic acids is 1. The molecule has 0 aliphatic rings. The van der Waals surface area contributed by atoms with E-state index in [2.05, 4.69) is 5.32 Å². The van der Waals surface area contributed by atoms with E-state index in [1.54, 1.807) is 0 Å². The highest BCUT2D eigenvalue weighted by Gasteiger charge is 2.23. The first-order valence-electron chi connectivity index (χ1n) is 7.19. The van der Waals surface area contributed by atoms with Crippen LogP contribution < -0.4 is 5.32 Å². The highest BCUT2D eigenvalue weighted by molar-refractivity contribution is 5.81. The van der Waals surface area contributed by atoms with Crippen LogP contribution in [0, 0.1) is 10.1 Å². The third kappa shape index (κ3) is 4.60. The summed E-state index contributed by atoms with van der Waals surface area (Å²) in [6.45, 7) is -0.225. The second kappa shape index (κ2) is 7.83. The van der Waals surface area contributed by atoms with Gasteiger partial charge in [-0.2, -0.15) is 0 Å². The van der Waals surface area contributed by atoms with E-state index in [0.29, 0.717) is 5.56 Å². The number of aromatic hydroxyl groups is 2. The van der Waals surface area contributed by atoms with Crippen molar-refractivity contribution in [3.63, 3.8) is 0 Å². The van der Waals surface area contributed by atoms with Crippen molar-refractivity contribution in [2.75, 3.05) is 0 Å². The Morgan fingerprint density at radius 1 is 1.12 bits per heavy atom. The molecule has 0 spiro atoms. The van der Waals surface area contributed by atoms with E-state index >= 15 is 0 Å². The van der Waals surface area contributed by atoms with Gasteiger partial charge in [0.25, 0.3) is 5.69 Å². The molecule has 1 amide bonds. The lowest BCUT2D eigenvalue weighted by atomic mass is 10.1. The lowest BCUT2D eigenvalue weighted by molar-refractivity contribution is -0.384. The molecule has 1 atom stereocenters. The second-order valence-electron chi connectivity index (χ2n) is 5.16. The summed E-state index contributed by atoms with van der Waals surface area (Å²) in [6, 6.07) is 7.10. The molecule has 0 aromatic heterocycles. The Labute approximate surface area is 146 Å². The van der Waals surface area contributed by atoms with E-state index in [-0.39, 0.29) is 17.9 Å². The number of hydrogen-bond donors (Lipinski definition) is 4. The number of non-ortho nitro benzene ring substituents is 1. The van der Waals surface area contributed by atoms with Crippen molar-refractivity contribution in [1.29, 1.82) is 0 Å². The molecule has 26 heavy (non-hydrogen) atoms. The molecule has 136 valence electrons. The van der Waals surface area contributed by atoms with Crippen LogP contribution in [0.1, 0.15) is 17.2 Å².